The van der Waals surface area contributed by atoms with Gasteiger partial charge in [-0.25, -0.2) is 8.42 Å². The Morgan fingerprint density at radius 1 is 1.00 bits per heavy atom. The Morgan fingerprint density at radius 2 is 1.54 bits per heavy atom. The van der Waals surface area contributed by atoms with E-state index in [4.69, 9.17) is 34.8 Å². The third-order valence-electron chi connectivity index (χ3n) is 5.72. The van der Waals surface area contributed by atoms with Gasteiger partial charge in [-0.2, -0.15) is 0 Å². The fourth-order valence-corrected chi connectivity index (χ4v) is 5.46. The molecule has 2 aromatic rings. The normalized spacial score (nSPS) is 12.7. The van der Waals surface area contributed by atoms with Gasteiger partial charge in [-0.05, 0) is 70.9 Å². The van der Waals surface area contributed by atoms with Crippen LogP contribution in [0.15, 0.2) is 36.4 Å². The molecule has 2 amide bonds. The van der Waals surface area contributed by atoms with Crippen molar-refractivity contribution in [2.24, 2.45) is 0 Å². The van der Waals surface area contributed by atoms with Crippen molar-refractivity contribution < 1.29 is 18.0 Å². The molecule has 0 spiro atoms. The Hall–Kier alpha value is -2.00. The van der Waals surface area contributed by atoms with Gasteiger partial charge < -0.3 is 10.2 Å². The Labute approximate surface area is 235 Å². The summed E-state index contributed by atoms with van der Waals surface area (Å²) in [6.07, 6.45) is 1.33. The van der Waals surface area contributed by atoms with Crippen LogP contribution in [-0.4, -0.2) is 49.5 Å². The van der Waals surface area contributed by atoms with Crippen LogP contribution in [0.1, 0.15) is 51.7 Å². The average molecular weight is 591 g/mol. The molecule has 2 rings (SSSR count). The Morgan fingerprint density at radius 3 is 2.08 bits per heavy atom. The first kappa shape index (κ1) is 31.2. The van der Waals surface area contributed by atoms with E-state index >= 15 is 0 Å². The molecule has 2 aromatic carbocycles. The maximum atomic E-state index is 13.4. The standard InChI is InChI=1S/C26H34Cl3N3O4S/c1-17-20(27)10-8-13-23(17)32(37(6,35)36)15-9-14-24(33)31(18(2)25(34)30-26(3,4)5)16-19-21(28)11-7-12-22(19)29/h7-8,10-13,18H,9,14-16H2,1-6H3,(H,30,34). The fourth-order valence-electron chi connectivity index (χ4n) is 3.76. The lowest BCUT2D eigenvalue weighted by Crippen LogP contribution is -2.52. The molecule has 0 radical (unpaired) electrons. The number of carbonyl (C=O) groups is 2. The Bertz CT molecular complexity index is 1230. The predicted octanol–water partition coefficient (Wildman–Crippen LogP) is 5.83. The second-order valence-electron chi connectivity index (χ2n) is 9.96. The van der Waals surface area contributed by atoms with E-state index in [1.165, 1.54) is 9.21 Å². The largest absolute Gasteiger partial charge is 0.350 e. The van der Waals surface area contributed by atoms with E-state index in [9.17, 15) is 18.0 Å². The molecule has 204 valence electrons. The molecule has 0 heterocycles. The van der Waals surface area contributed by atoms with Gasteiger partial charge in [0.1, 0.15) is 6.04 Å². The van der Waals surface area contributed by atoms with Gasteiger partial charge in [-0.3, -0.25) is 13.9 Å². The van der Waals surface area contributed by atoms with Gasteiger partial charge in [0.2, 0.25) is 21.8 Å². The molecule has 0 aliphatic carbocycles. The van der Waals surface area contributed by atoms with Crippen molar-refractivity contribution in [3.8, 4) is 0 Å². The molecule has 1 unspecified atom stereocenters. The molecule has 0 fully saturated rings. The van der Waals surface area contributed by atoms with Crippen molar-refractivity contribution in [1.82, 2.24) is 10.2 Å². The van der Waals surface area contributed by atoms with Crippen LogP contribution in [0.25, 0.3) is 0 Å². The van der Waals surface area contributed by atoms with Gasteiger partial charge in [0, 0.05) is 45.7 Å². The molecule has 1 atom stereocenters. The molecule has 0 aliphatic rings. The number of sulfonamides is 1. The van der Waals surface area contributed by atoms with Gasteiger partial charge in [-0.1, -0.05) is 46.9 Å². The smallest absolute Gasteiger partial charge is 0.242 e. The number of halogens is 3. The van der Waals surface area contributed by atoms with E-state index in [2.05, 4.69) is 5.32 Å². The maximum absolute atomic E-state index is 13.4. The minimum Gasteiger partial charge on any atom is -0.350 e. The summed E-state index contributed by atoms with van der Waals surface area (Å²) in [5, 5.41) is 4.11. The minimum absolute atomic E-state index is 0.000836. The van der Waals surface area contributed by atoms with Crippen LogP contribution in [0.2, 0.25) is 15.1 Å². The number of amides is 2. The third kappa shape index (κ3) is 8.77. The van der Waals surface area contributed by atoms with Crippen LogP contribution in [0.4, 0.5) is 5.69 Å². The molecule has 0 bridgehead atoms. The first-order valence-corrected chi connectivity index (χ1v) is 14.8. The Balaban J connectivity index is 2.28. The number of benzene rings is 2. The van der Waals surface area contributed by atoms with Gasteiger partial charge >= 0.3 is 0 Å². The van der Waals surface area contributed by atoms with Crippen LogP contribution in [0.5, 0.6) is 0 Å². The SMILES string of the molecule is Cc1c(Cl)cccc1N(CCCC(=O)N(Cc1c(Cl)cccc1Cl)C(C)C(=O)NC(C)(C)C)S(C)(=O)=O. The van der Waals surface area contributed by atoms with E-state index in [1.54, 1.807) is 50.2 Å². The molecule has 0 saturated heterocycles. The van der Waals surface area contributed by atoms with Crippen LogP contribution in [-0.2, 0) is 26.2 Å². The number of hydrogen-bond acceptors (Lipinski definition) is 4. The summed E-state index contributed by atoms with van der Waals surface area (Å²) in [6, 6.07) is 9.26. The highest BCUT2D eigenvalue weighted by Gasteiger charge is 2.29. The summed E-state index contributed by atoms with van der Waals surface area (Å²) in [6.45, 7) is 9.03. The summed E-state index contributed by atoms with van der Waals surface area (Å²) in [5.74, 6) is -0.653. The molecule has 1 N–H and O–H groups in total. The third-order valence-corrected chi connectivity index (χ3v) is 8.01. The van der Waals surface area contributed by atoms with Crippen molar-refractivity contribution in [2.45, 2.75) is 65.6 Å². The first-order valence-electron chi connectivity index (χ1n) is 11.8. The highest BCUT2D eigenvalue weighted by molar-refractivity contribution is 7.92. The molecule has 37 heavy (non-hydrogen) atoms. The van der Waals surface area contributed by atoms with Crippen molar-refractivity contribution in [3.05, 3.63) is 62.6 Å². The van der Waals surface area contributed by atoms with Gasteiger partial charge in [0.15, 0.2) is 0 Å². The highest BCUT2D eigenvalue weighted by Crippen LogP contribution is 2.29. The van der Waals surface area contributed by atoms with Crippen LogP contribution < -0.4 is 9.62 Å². The van der Waals surface area contributed by atoms with Crippen molar-refractivity contribution in [3.63, 3.8) is 0 Å². The van der Waals surface area contributed by atoms with Gasteiger partial charge in [-0.15, -0.1) is 0 Å². The lowest BCUT2D eigenvalue weighted by Gasteiger charge is -2.32. The van der Waals surface area contributed by atoms with E-state index in [-0.39, 0.29) is 37.7 Å². The van der Waals surface area contributed by atoms with Crippen molar-refractivity contribution in [2.75, 3.05) is 17.1 Å². The minimum atomic E-state index is -3.63. The van der Waals surface area contributed by atoms with Gasteiger partial charge in [0.25, 0.3) is 0 Å². The first-order chi connectivity index (χ1) is 17.0. The van der Waals surface area contributed by atoms with E-state index < -0.39 is 21.6 Å². The number of rotatable bonds is 10. The van der Waals surface area contributed by atoms with Crippen LogP contribution in [0.3, 0.4) is 0 Å². The van der Waals surface area contributed by atoms with Crippen LogP contribution >= 0.6 is 34.8 Å². The second kappa shape index (κ2) is 12.7. The molecule has 7 nitrogen and oxygen atoms in total. The number of nitrogens with zero attached hydrogens (tertiary/aromatic N) is 2. The van der Waals surface area contributed by atoms with Crippen molar-refractivity contribution >= 4 is 62.3 Å². The topological polar surface area (TPSA) is 86.8 Å². The number of hydrogen-bond donors (Lipinski definition) is 1. The predicted molar refractivity (Wildman–Crippen MR) is 152 cm³/mol. The highest BCUT2D eigenvalue weighted by atomic mass is 35.5. The average Bonchev–Trinajstić information content (AvgIpc) is 2.76. The zero-order valence-corrected chi connectivity index (χ0v) is 25.0. The maximum Gasteiger partial charge on any atom is 0.242 e. The van der Waals surface area contributed by atoms with E-state index in [0.29, 0.717) is 31.9 Å². The van der Waals surface area contributed by atoms with E-state index in [1.807, 2.05) is 20.8 Å². The molecule has 11 heteroatoms. The van der Waals surface area contributed by atoms with Crippen molar-refractivity contribution in [1.29, 1.82) is 0 Å². The fraction of sp³-hybridized carbons (Fsp3) is 0.462. The quantitative estimate of drug-likeness (QED) is 0.377. The summed E-state index contributed by atoms with van der Waals surface area (Å²) < 4.78 is 26.4. The molecule has 0 aromatic heterocycles. The van der Waals surface area contributed by atoms with Crippen LogP contribution in [0, 0.1) is 6.92 Å². The van der Waals surface area contributed by atoms with E-state index in [0.717, 1.165) is 6.26 Å². The second-order valence-corrected chi connectivity index (χ2v) is 13.1. The summed E-state index contributed by atoms with van der Waals surface area (Å²) in [4.78, 5) is 27.8. The summed E-state index contributed by atoms with van der Waals surface area (Å²) in [7, 11) is -3.63. The number of anilines is 1. The lowest BCUT2D eigenvalue weighted by molar-refractivity contribution is -0.141. The molecule has 0 saturated carbocycles. The molecular formula is C26H34Cl3N3O4S. The molecule has 0 aliphatic heterocycles. The summed E-state index contributed by atoms with van der Waals surface area (Å²) in [5.41, 5.74) is 1.12. The zero-order valence-electron chi connectivity index (χ0n) is 21.9. The zero-order chi connectivity index (χ0) is 28.1. The lowest BCUT2D eigenvalue weighted by atomic mass is 10.1. The number of carbonyl (C=O) groups excluding carboxylic acids is 2. The number of nitrogens with one attached hydrogen (secondary N) is 1. The Kier molecular flexibility index (Phi) is 10.7. The summed E-state index contributed by atoms with van der Waals surface area (Å²) >= 11 is 18.9. The molecular weight excluding hydrogens is 557 g/mol. The monoisotopic (exact) mass is 589 g/mol. The van der Waals surface area contributed by atoms with Gasteiger partial charge in [0.05, 0.1) is 11.9 Å².